The summed E-state index contributed by atoms with van der Waals surface area (Å²) in [6.45, 7) is 3.05. The Morgan fingerprint density at radius 3 is 2.23 bits per heavy atom. The number of benzene rings is 1. The summed E-state index contributed by atoms with van der Waals surface area (Å²) in [6.07, 6.45) is 10.8. The monoisotopic (exact) mass is 304 g/mol. The lowest BCUT2D eigenvalue weighted by molar-refractivity contribution is 0.177. The van der Waals surface area contributed by atoms with Crippen LogP contribution in [0.5, 0.6) is 5.75 Å². The highest BCUT2D eigenvalue weighted by atomic mass is 16.5. The quantitative estimate of drug-likeness (QED) is 0.573. The molecule has 0 unspecified atom stereocenters. The Kier molecular flexibility index (Phi) is 7.27. The molecule has 0 atom stereocenters. The summed E-state index contributed by atoms with van der Waals surface area (Å²) in [4.78, 5) is 0. The van der Waals surface area contributed by atoms with Gasteiger partial charge in [-0.15, -0.1) is 0 Å². The van der Waals surface area contributed by atoms with Crippen LogP contribution in [0, 0.1) is 11.8 Å². The van der Waals surface area contributed by atoms with Crippen molar-refractivity contribution in [2.24, 2.45) is 11.8 Å². The van der Waals surface area contributed by atoms with Gasteiger partial charge in [-0.05, 0) is 42.3 Å². The van der Waals surface area contributed by atoms with Gasteiger partial charge in [-0.25, -0.2) is 0 Å². The fourth-order valence-electron chi connectivity index (χ4n) is 3.32. The van der Waals surface area contributed by atoms with Gasteiger partial charge in [0.15, 0.2) is 0 Å². The summed E-state index contributed by atoms with van der Waals surface area (Å²) in [7, 11) is -1.41. The van der Waals surface area contributed by atoms with Crippen LogP contribution in [0.4, 0.5) is 0 Å². The molecule has 22 heavy (non-hydrogen) atoms. The second kappa shape index (κ2) is 9.21. The summed E-state index contributed by atoms with van der Waals surface area (Å²) in [5.41, 5.74) is 0.500. The van der Waals surface area contributed by atoms with Crippen molar-refractivity contribution in [1.82, 2.24) is 0 Å². The van der Waals surface area contributed by atoms with Crippen LogP contribution >= 0.6 is 0 Å². The van der Waals surface area contributed by atoms with Crippen LogP contribution in [-0.4, -0.2) is 23.8 Å². The molecule has 2 rings (SSSR count). The predicted molar refractivity (Wildman–Crippen MR) is 91.4 cm³/mol. The topological polar surface area (TPSA) is 49.7 Å². The molecule has 3 nitrogen and oxygen atoms in total. The van der Waals surface area contributed by atoms with Crippen molar-refractivity contribution >= 4 is 12.6 Å². The molecule has 1 fully saturated rings. The van der Waals surface area contributed by atoms with Crippen LogP contribution < -0.4 is 10.2 Å². The molecular formula is C18H29BO3. The first kappa shape index (κ1) is 17.4. The Balaban J connectivity index is 1.66. The maximum Gasteiger partial charge on any atom is 0.488 e. The molecule has 0 radical (unpaired) electrons. The molecule has 1 saturated carbocycles. The molecule has 1 aliphatic carbocycles. The lowest BCUT2D eigenvalue weighted by Gasteiger charge is -2.28. The molecule has 122 valence electrons. The van der Waals surface area contributed by atoms with E-state index in [2.05, 4.69) is 6.92 Å². The van der Waals surface area contributed by atoms with E-state index in [1.54, 1.807) is 12.1 Å². The van der Waals surface area contributed by atoms with E-state index in [1.807, 2.05) is 12.1 Å². The van der Waals surface area contributed by atoms with Crippen LogP contribution in [-0.2, 0) is 0 Å². The van der Waals surface area contributed by atoms with Gasteiger partial charge in [0.25, 0.3) is 0 Å². The zero-order valence-electron chi connectivity index (χ0n) is 13.7. The molecular weight excluding hydrogens is 275 g/mol. The summed E-state index contributed by atoms with van der Waals surface area (Å²) in [5.74, 6) is 2.42. The summed E-state index contributed by atoms with van der Waals surface area (Å²) < 4.78 is 5.85. The molecule has 0 heterocycles. The highest BCUT2D eigenvalue weighted by Gasteiger charge is 2.21. The summed E-state index contributed by atoms with van der Waals surface area (Å²) >= 11 is 0. The van der Waals surface area contributed by atoms with Crippen LogP contribution in [0.2, 0.25) is 0 Å². The Morgan fingerprint density at radius 1 is 1.00 bits per heavy atom. The SMILES string of the molecule is CCCCCC1CCC(COc2ccc(B(O)O)cc2)CC1. The molecule has 1 aromatic carbocycles. The van der Waals surface area contributed by atoms with E-state index in [0.717, 1.165) is 18.3 Å². The maximum atomic E-state index is 9.07. The first-order chi connectivity index (χ1) is 10.7. The van der Waals surface area contributed by atoms with Crippen LogP contribution in [0.1, 0.15) is 58.3 Å². The minimum absolute atomic E-state index is 0.500. The third kappa shape index (κ3) is 5.66. The normalized spacial score (nSPS) is 21.6. The van der Waals surface area contributed by atoms with Gasteiger partial charge in [0.05, 0.1) is 6.61 Å². The third-order valence-corrected chi connectivity index (χ3v) is 4.85. The van der Waals surface area contributed by atoms with Gasteiger partial charge in [0.2, 0.25) is 0 Å². The fourth-order valence-corrected chi connectivity index (χ4v) is 3.32. The van der Waals surface area contributed by atoms with Crippen molar-refractivity contribution < 1.29 is 14.8 Å². The van der Waals surface area contributed by atoms with Gasteiger partial charge >= 0.3 is 7.12 Å². The molecule has 4 heteroatoms. The van der Waals surface area contributed by atoms with Crippen molar-refractivity contribution in [3.63, 3.8) is 0 Å². The lowest BCUT2D eigenvalue weighted by atomic mass is 9.80. The summed E-state index contributed by atoms with van der Waals surface area (Å²) in [5, 5.41) is 18.1. The van der Waals surface area contributed by atoms with E-state index in [0.29, 0.717) is 11.4 Å². The Bertz CT molecular complexity index is 411. The Hall–Kier alpha value is -0.995. The number of ether oxygens (including phenoxy) is 1. The smallest absolute Gasteiger partial charge is 0.488 e. The molecule has 1 aromatic rings. The second-order valence-corrected chi connectivity index (χ2v) is 6.64. The molecule has 2 N–H and O–H groups in total. The molecule has 0 aromatic heterocycles. The van der Waals surface area contributed by atoms with E-state index in [9.17, 15) is 0 Å². The highest BCUT2D eigenvalue weighted by Crippen LogP contribution is 2.32. The Labute approximate surface area is 134 Å². The zero-order valence-corrected chi connectivity index (χ0v) is 13.7. The maximum absolute atomic E-state index is 9.07. The first-order valence-electron chi connectivity index (χ1n) is 8.78. The van der Waals surface area contributed by atoms with Crippen LogP contribution in [0.25, 0.3) is 0 Å². The van der Waals surface area contributed by atoms with Gasteiger partial charge in [-0.1, -0.05) is 57.6 Å². The van der Waals surface area contributed by atoms with E-state index >= 15 is 0 Å². The third-order valence-electron chi connectivity index (χ3n) is 4.85. The number of unbranched alkanes of at least 4 members (excludes halogenated alkanes) is 2. The fraction of sp³-hybridized carbons (Fsp3) is 0.667. The van der Waals surface area contributed by atoms with Crippen molar-refractivity contribution in [2.75, 3.05) is 6.61 Å². The van der Waals surface area contributed by atoms with Gasteiger partial charge in [-0.3, -0.25) is 0 Å². The van der Waals surface area contributed by atoms with Crippen molar-refractivity contribution in [3.05, 3.63) is 24.3 Å². The number of rotatable bonds is 8. The number of hydrogen-bond acceptors (Lipinski definition) is 3. The second-order valence-electron chi connectivity index (χ2n) is 6.64. The standard InChI is InChI=1S/C18H29BO3/c1-2-3-4-5-15-6-8-16(9-7-15)14-22-18-12-10-17(11-13-18)19(20)21/h10-13,15-16,20-21H,2-9,14H2,1H3. The van der Waals surface area contributed by atoms with Crippen LogP contribution in [0.15, 0.2) is 24.3 Å². The predicted octanol–water partition coefficient (Wildman–Crippen LogP) is 3.13. The van der Waals surface area contributed by atoms with Gasteiger partial charge in [0, 0.05) is 0 Å². The molecule has 0 aliphatic heterocycles. The molecule has 1 aliphatic rings. The van der Waals surface area contributed by atoms with Gasteiger partial charge < -0.3 is 14.8 Å². The largest absolute Gasteiger partial charge is 0.493 e. The van der Waals surface area contributed by atoms with E-state index in [1.165, 1.54) is 51.4 Å². The highest BCUT2D eigenvalue weighted by molar-refractivity contribution is 6.58. The van der Waals surface area contributed by atoms with Crippen LogP contribution in [0.3, 0.4) is 0 Å². The van der Waals surface area contributed by atoms with E-state index < -0.39 is 7.12 Å². The first-order valence-corrected chi connectivity index (χ1v) is 8.78. The molecule has 0 saturated heterocycles. The van der Waals surface area contributed by atoms with Crippen molar-refractivity contribution in [2.45, 2.75) is 58.3 Å². The summed E-state index contributed by atoms with van der Waals surface area (Å²) in [6, 6.07) is 7.02. The number of hydrogen-bond donors (Lipinski definition) is 2. The van der Waals surface area contributed by atoms with E-state index in [4.69, 9.17) is 14.8 Å². The minimum atomic E-state index is -1.41. The van der Waals surface area contributed by atoms with Gasteiger partial charge in [0.1, 0.15) is 5.75 Å². The minimum Gasteiger partial charge on any atom is -0.493 e. The zero-order chi connectivity index (χ0) is 15.8. The van der Waals surface area contributed by atoms with Gasteiger partial charge in [-0.2, -0.15) is 0 Å². The lowest BCUT2D eigenvalue weighted by Crippen LogP contribution is -2.29. The Morgan fingerprint density at radius 2 is 1.64 bits per heavy atom. The van der Waals surface area contributed by atoms with Crippen molar-refractivity contribution in [3.8, 4) is 5.75 Å². The molecule has 0 spiro atoms. The molecule has 0 amide bonds. The van der Waals surface area contributed by atoms with E-state index in [-0.39, 0.29) is 0 Å². The molecule has 0 bridgehead atoms. The average Bonchev–Trinajstić information content (AvgIpc) is 2.55. The average molecular weight is 304 g/mol. The van der Waals surface area contributed by atoms with Crippen molar-refractivity contribution in [1.29, 1.82) is 0 Å².